The van der Waals surface area contributed by atoms with Crippen molar-refractivity contribution in [2.24, 2.45) is 10.4 Å². The largest absolute Gasteiger partial charge is 0.381 e. The van der Waals surface area contributed by atoms with Crippen molar-refractivity contribution in [1.82, 2.24) is 10.6 Å². The molecule has 1 aliphatic heterocycles. The molecule has 0 spiro atoms. The zero-order chi connectivity index (χ0) is 15.2. The summed E-state index contributed by atoms with van der Waals surface area (Å²) < 4.78 is 5.80. The molecule has 2 fully saturated rings. The van der Waals surface area contributed by atoms with E-state index in [2.05, 4.69) is 28.8 Å². The lowest BCUT2D eigenvalue weighted by molar-refractivity contribution is 0.0782. The standard InChI is InChI=1S/C16H31N3OS/c1-4-15(6-5-7-15)12-18-14(17-2)19-13-16(21-3)8-10-20-11-9-16/h4-13H2,1-3H3,(H2,17,18,19). The van der Waals surface area contributed by atoms with E-state index in [0.717, 1.165) is 45.1 Å². The Kier molecular flexibility index (Phi) is 6.23. The van der Waals surface area contributed by atoms with Crippen LogP contribution < -0.4 is 10.6 Å². The third-order valence-corrected chi connectivity index (χ3v) is 6.85. The van der Waals surface area contributed by atoms with Crippen molar-refractivity contribution in [2.75, 3.05) is 39.6 Å². The maximum atomic E-state index is 5.50. The lowest BCUT2D eigenvalue weighted by Crippen LogP contribution is -2.50. The Morgan fingerprint density at radius 1 is 1.14 bits per heavy atom. The highest BCUT2D eigenvalue weighted by molar-refractivity contribution is 8.00. The summed E-state index contributed by atoms with van der Waals surface area (Å²) in [7, 11) is 1.87. The zero-order valence-corrected chi connectivity index (χ0v) is 14.7. The van der Waals surface area contributed by atoms with Gasteiger partial charge in [0.05, 0.1) is 0 Å². The highest BCUT2D eigenvalue weighted by Crippen LogP contribution is 2.43. The first-order chi connectivity index (χ1) is 10.2. The second-order valence-corrected chi connectivity index (χ2v) is 7.76. The van der Waals surface area contributed by atoms with Crippen LogP contribution in [0.5, 0.6) is 0 Å². The van der Waals surface area contributed by atoms with E-state index in [1.807, 2.05) is 18.8 Å². The van der Waals surface area contributed by atoms with Gasteiger partial charge in [0.25, 0.3) is 0 Å². The van der Waals surface area contributed by atoms with Gasteiger partial charge in [-0.3, -0.25) is 4.99 Å². The molecule has 0 bridgehead atoms. The van der Waals surface area contributed by atoms with E-state index in [-0.39, 0.29) is 0 Å². The molecule has 0 aromatic rings. The van der Waals surface area contributed by atoms with Gasteiger partial charge in [0, 0.05) is 38.1 Å². The molecule has 0 amide bonds. The van der Waals surface area contributed by atoms with E-state index in [9.17, 15) is 0 Å². The Labute approximate surface area is 133 Å². The van der Waals surface area contributed by atoms with Gasteiger partial charge in [0.15, 0.2) is 5.96 Å². The Hall–Kier alpha value is -0.420. The lowest BCUT2D eigenvalue weighted by atomic mass is 9.67. The summed E-state index contributed by atoms with van der Waals surface area (Å²) in [5, 5.41) is 7.08. The first-order valence-corrected chi connectivity index (χ1v) is 9.47. The fourth-order valence-electron chi connectivity index (χ4n) is 3.27. The molecule has 2 N–H and O–H groups in total. The number of hydrogen-bond acceptors (Lipinski definition) is 3. The zero-order valence-electron chi connectivity index (χ0n) is 13.8. The van der Waals surface area contributed by atoms with E-state index in [0.29, 0.717) is 10.2 Å². The molecule has 2 aliphatic rings. The van der Waals surface area contributed by atoms with Crippen LogP contribution in [0, 0.1) is 5.41 Å². The molecule has 122 valence electrons. The molecule has 1 heterocycles. The van der Waals surface area contributed by atoms with Crippen LogP contribution in [0.25, 0.3) is 0 Å². The number of guanidine groups is 1. The molecule has 0 unspecified atom stereocenters. The third-order valence-electron chi connectivity index (χ3n) is 5.43. The Bertz CT molecular complexity index is 344. The molecule has 2 rings (SSSR count). The van der Waals surface area contributed by atoms with Crippen molar-refractivity contribution in [3.8, 4) is 0 Å². The lowest BCUT2D eigenvalue weighted by Gasteiger charge is -2.42. The van der Waals surface area contributed by atoms with Gasteiger partial charge in [0.1, 0.15) is 0 Å². The maximum Gasteiger partial charge on any atom is 0.191 e. The topological polar surface area (TPSA) is 45.7 Å². The third kappa shape index (κ3) is 4.28. The fraction of sp³-hybridized carbons (Fsp3) is 0.938. The van der Waals surface area contributed by atoms with Crippen LogP contribution >= 0.6 is 11.8 Å². The van der Waals surface area contributed by atoms with Gasteiger partial charge in [-0.05, 0) is 43.8 Å². The number of aliphatic imine (C=N–C) groups is 1. The summed E-state index contributed by atoms with van der Waals surface area (Å²) in [5.74, 6) is 0.953. The number of hydrogen-bond donors (Lipinski definition) is 2. The molecular formula is C16H31N3OS. The fourth-order valence-corrected chi connectivity index (χ4v) is 4.06. The molecular weight excluding hydrogens is 282 g/mol. The molecule has 5 heteroatoms. The SMILES string of the molecule is CCC1(CNC(=NC)NCC2(SC)CCOCC2)CCC1. The van der Waals surface area contributed by atoms with Crippen molar-refractivity contribution in [3.05, 3.63) is 0 Å². The van der Waals surface area contributed by atoms with Crippen LogP contribution in [0.2, 0.25) is 0 Å². The average molecular weight is 314 g/mol. The summed E-state index contributed by atoms with van der Waals surface area (Å²) in [5.41, 5.74) is 0.521. The van der Waals surface area contributed by atoms with Crippen molar-refractivity contribution in [3.63, 3.8) is 0 Å². The van der Waals surface area contributed by atoms with Crippen LogP contribution in [-0.2, 0) is 4.74 Å². The van der Waals surface area contributed by atoms with E-state index in [1.54, 1.807) is 0 Å². The molecule has 21 heavy (non-hydrogen) atoms. The van der Waals surface area contributed by atoms with Gasteiger partial charge < -0.3 is 15.4 Å². The summed E-state index contributed by atoms with van der Waals surface area (Å²) in [6, 6.07) is 0. The van der Waals surface area contributed by atoms with Crippen LogP contribution in [0.4, 0.5) is 0 Å². The van der Waals surface area contributed by atoms with Crippen molar-refractivity contribution < 1.29 is 4.74 Å². The number of thioether (sulfide) groups is 1. The molecule has 0 atom stereocenters. The molecule has 1 saturated carbocycles. The van der Waals surface area contributed by atoms with E-state index in [4.69, 9.17) is 4.74 Å². The maximum absolute atomic E-state index is 5.50. The Balaban J connectivity index is 1.79. The minimum absolute atomic E-state index is 0.300. The van der Waals surface area contributed by atoms with E-state index < -0.39 is 0 Å². The summed E-state index contributed by atoms with van der Waals surface area (Å²) in [6.45, 7) is 6.09. The number of rotatable bonds is 6. The predicted molar refractivity (Wildman–Crippen MR) is 92.2 cm³/mol. The monoisotopic (exact) mass is 313 g/mol. The second kappa shape index (κ2) is 7.73. The highest BCUT2D eigenvalue weighted by Gasteiger charge is 2.35. The normalized spacial score (nSPS) is 24.2. The van der Waals surface area contributed by atoms with Crippen molar-refractivity contribution in [2.45, 2.75) is 50.2 Å². The molecule has 1 saturated heterocycles. The Morgan fingerprint density at radius 2 is 1.81 bits per heavy atom. The second-order valence-electron chi connectivity index (χ2n) is 6.49. The van der Waals surface area contributed by atoms with Gasteiger partial charge >= 0.3 is 0 Å². The van der Waals surface area contributed by atoms with Gasteiger partial charge in [-0.1, -0.05) is 13.3 Å². The minimum atomic E-state index is 0.300. The molecule has 0 radical (unpaired) electrons. The summed E-state index contributed by atoms with van der Waals surface area (Å²) in [6.07, 6.45) is 9.83. The predicted octanol–water partition coefficient (Wildman–Crippen LogP) is 2.64. The van der Waals surface area contributed by atoms with Crippen LogP contribution in [0.1, 0.15) is 45.4 Å². The molecule has 1 aliphatic carbocycles. The van der Waals surface area contributed by atoms with E-state index in [1.165, 1.54) is 25.7 Å². The van der Waals surface area contributed by atoms with Crippen LogP contribution in [0.15, 0.2) is 4.99 Å². The quantitative estimate of drug-likeness (QED) is 0.584. The van der Waals surface area contributed by atoms with Gasteiger partial charge in [-0.25, -0.2) is 0 Å². The first-order valence-electron chi connectivity index (χ1n) is 8.25. The first kappa shape index (κ1) is 16.9. The number of nitrogens with one attached hydrogen (secondary N) is 2. The molecule has 0 aromatic heterocycles. The van der Waals surface area contributed by atoms with Gasteiger partial charge in [0.2, 0.25) is 0 Å². The van der Waals surface area contributed by atoms with E-state index >= 15 is 0 Å². The molecule has 4 nitrogen and oxygen atoms in total. The minimum Gasteiger partial charge on any atom is -0.381 e. The molecule has 0 aromatic carbocycles. The van der Waals surface area contributed by atoms with Crippen LogP contribution in [-0.4, -0.2) is 50.3 Å². The van der Waals surface area contributed by atoms with Crippen molar-refractivity contribution in [1.29, 1.82) is 0 Å². The number of ether oxygens (including phenoxy) is 1. The summed E-state index contributed by atoms with van der Waals surface area (Å²) in [4.78, 5) is 4.39. The van der Waals surface area contributed by atoms with Gasteiger partial charge in [-0.15, -0.1) is 0 Å². The van der Waals surface area contributed by atoms with Gasteiger partial charge in [-0.2, -0.15) is 11.8 Å². The van der Waals surface area contributed by atoms with Crippen molar-refractivity contribution >= 4 is 17.7 Å². The average Bonchev–Trinajstić information content (AvgIpc) is 2.50. The Morgan fingerprint density at radius 3 is 2.29 bits per heavy atom. The summed E-state index contributed by atoms with van der Waals surface area (Å²) >= 11 is 1.96. The number of nitrogens with zero attached hydrogens (tertiary/aromatic N) is 1. The smallest absolute Gasteiger partial charge is 0.191 e. The van der Waals surface area contributed by atoms with Crippen LogP contribution in [0.3, 0.4) is 0 Å². The highest BCUT2D eigenvalue weighted by atomic mass is 32.2.